The van der Waals surface area contributed by atoms with Gasteiger partial charge in [0.1, 0.15) is 17.7 Å². The Morgan fingerprint density at radius 2 is 1.75 bits per heavy atom. The van der Waals surface area contributed by atoms with Gasteiger partial charge in [-0.1, -0.05) is 12.1 Å². The molecule has 102 valence electrons. The van der Waals surface area contributed by atoms with Gasteiger partial charge in [-0.05, 0) is 35.9 Å². The number of halogens is 2. The van der Waals surface area contributed by atoms with E-state index in [1.807, 2.05) is 0 Å². The Balaban J connectivity index is 1.76. The first kappa shape index (κ1) is 12.7. The molecule has 2 aromatic carbocycles. The summed E-state index contributed by atoms with van der Waals surface area (Å²) >= 11 is 0. The van der Waals surface area contributed by atoms with Crippen LogP contribution in [0.25, 0.3) is 0 Å². The van der Waals surface area contributed by atoms with E-state index < -0.39 is 6.04 Å². The van der Waals surface area contributed by atoms with Crippen molar-refractivity contribution in [2.24, 2.45) is 0 Å². The molecule has 0 spiro atoms. The van der Waals surface area contributed by atoms with Gasteiger partial charge in [0.05, 0.1) is 0 Å². The van der Waals surface area contributed by atoms with E-state index in [0.29, 0.717) is 17.8 Å². The van der Waals surface area contributed by atoms with Crippen LogP contribution in [0.15, 0.2) is 42.5 Å². The maximum absolute atomic E-state index is 13.3. The van der Waals surface area contributed by atoms with E-state index in [1.54, 1.807) is 18.2 Å². The molecule has 0 fully saturated rings. The van der Waals surface area contributed by atoms with Gasteiger partial charge in [-0.2, -0.15) is 0 Å². The molecule has 3 rings (SSSR count). The molecule has 1 heterocycles. The molecule has 2 N–H and O–H groups in total. The van der Waals surface area contributed by atoms with E-state index >= 15 is 0 Å². The minimum Gasteiger partial charge on any atom is -0.324 e. The third kappa shape index (κ3) is 2.40. The summed E-state index contributed by atoms with van der Waals surface area (Å²) < 4.78 is 26.1. The molecule has 20 heavy (non-hydrogen) atoms. The second-order valence-electron chi connectivity index (χ2n) is 4.66. The highest BCUT2D eigenvalue weighted by Gasteiger charge is 2.30. The first-order chi connectivity index (χ1) is 9.63. The standard InChI is InChI=1S/C15H12F2N2O/c16-10-3-1-9(2-4-10)8-18-14-12-7-11(17)5-6-13(12)19-15(14)20/h1-7,14,18H,8H2,(H,19,20). The molecule has 0 bridgehead atoms. The van der Waals surface area contributed by atoms with Crippen LogP contribution in [-0.4, -0.2) is 5.91 Å². The number of amides is 1. The van der Waals surface area contributed by atoms with Gasteiger partial charge in [0, 0.05) is 17.8 Å². The van der Waals surface area contributed by atoms with Crippen LogP contribution in [0.1, 0.15) is 17.2 Å². The maximum atomic E-state index is 13.3. The van der Waals surface area contributed by atoms with E-state index in [9.17, 15) is 13.6 Å². The van der Waals surface area contributed by atoms with Crippen molar-refractivity contribution in [2.75, 3.05) is 5.32 Å². The third-order valence-electron chi connectivity index (χ3n) is 3.27. The largest absolute Gasteiger partial charge is 0.324 e. The minimum absolute atomic E-state index is 0.215. The van der Waals surface area contributed by atoms with E-state index in [2.05, 4.69) is 10.6 Å². The SMILES string of the molecule is O=C1Nc2ccc(F)cc2C1NCc1ccc(F)cc1. The van der Waals surface area contributed by atoms with Gasteiger partial charge >= 0.3 is 0 Å². The molecule has 0 aromatic heterocycles. The molecule has 3 nitrogen and oxygen atoms in total. The molecule has 1 aliphatic heterocycles. The van der Waals surface area contributed by atoms with Crippen molar-refractivity contribution in [1.82, 2.24) is 5.32 Å². The summed E-state index contributed by atoms with van der Waals surface area (Å²) in [5.74, 6) is -0.902. The van der Waals surface area contributed by atoms with E-state index in [4.69, 9.17) is 0 Å². The van der Waals surface area contributed by atoms with E-state index in [-0.39, 0.29) is 17.5 Å². The normalized spacial score (nSPS) is 16.9. The second kappa shape index (κ2) is 5.02. The van der Waals surface area contributed by atoms with Gasteiger partial charge in [0.2, 0.25) is 5.91 Å². The number of fused-ring (bicyclic) bond motifs is 1. The van der Waals surface area contributed by atoms with Crippen LogP contribution in [0.4, 0.5) is 14.5 Å². The van der Waals surface area contributed by atoms with Gasteiger partial charge in [-0.25, -0.2) is 8.78 Å². The highest BCUT2D eigenvalue weighted by atomic mass is 19.1. The molecule has 0 saturated heterocycles. The summed E-state index contributed by atoms with van der Waals surface area (Å²) in [6.45, 7) is 0.397. The quantitative estimate of drug-likeness (QED) is 0.903. The minimum atomic E-state index is -0.592. The molecule has 0 saturated carbocycles. The highest BCUT2D eigenvalue weighted by Crippen LogP contribution is 2.31. The van der Waals surface area contributed by atoms with Gasteiger partial charge in [-0.3, -0.25) is 10.1 Å². The number of carbonyl (C=O) groups excluding carboxylic acids is 1. The average Bonchev–Trinajstić information content (AvgIpc) is 2.73. The summed E-state index contributed by atoms with van der Waals surface area (Å²) in [5, 5.41) is 5.74. The van der Waals surface area contributed by atoms with Gasteiger partial charge < -0.3 is 5.32 Å². The molecule has 1 aliphatic rings. The van der Waals surface area contributed by atoms with Crippen LogP contribution in [0.2, 0.25) is 0 Å². The van der Waals surface area contributed by atoms with Crippen LogP contribution >= 0.6 is 0 Å². The van der Waals surface area contributed by atoms with Crippen molar-refractivity contribution >= 4 is 11.6 Å². The number of nitrogens with one attached hydrogen (secondary N) is 2. The molecule has 5 heteroatoms. The Bertz CT molecular complexity index is 655. The molecular weight excluding hydrogens is 262 g/mol. The zero-order chi connectivity index (χ0) is 14.1. The zero-order valence-corrected chi connectivity index (χ0v) is 10.5. The van der Waals surface area contributed by atoms with Gasteiger partial charge in [0.15, 0.2) is 0 Å². The summed E-state index contributed by atoms with van der Waals surface area (Å²) in [4.78, 5) is 11.9. The summed E-state index contributed by atoms with van der Waals surface area (Å²) in [5.41, 5.74) is 2.06. The molecule has 1 atom stereocenters. The first-order valence-corrected chi connectivity index (χ1v) is 6.21. The molecule has 0 aliphatic carbocycles. The predicted molar refractivity (Wildman–Crippen MR) is 71.0 cm³/mol. The fourth-order valence-corrected chi connectivity index (χ4v) is 2.26. The van der Waals surface area contributed by atoms with Crippen LogP contribution in [0.3, 0.4) is 0 Å². The zero-order valence-electron chi connectivity index (χ0n) is 10.5. The lowest BCUT2D eigenvalue weighted by molar-refractivity contribution is -0.117. The monoisotopic (exact) mass is 274 g/mol. The van der Waals surface area contributed by atoms with Crippen molar-refractivity contribution in [2.45, 2.75) is 12.6 Å². The Hall–Kier alpha value is -2.27. The summed E-state index contributed by atoms with van der Waals surface area (Å²) in [6.07, 6.45) is 0. The van der Waals surface area contributed by atoms with Gasteiger partial charge in [-0.15, -0.1) is 0 Å². The highest BCUT2D eigenvalue weighted by molar-refractivity contribution is 6.02. The number of rotatable bonds is 3. The molecule has 1 unspecified atom stereocenters. The number of hydrogen-bond donors (Lipinski definition) is 2. The third-order valence-corrected chi connectivity index (χ3v) is 3.27. The Kier molecular flexibility index (Phi) is 3.20. The van der Waals surface area contributed by atoms with Crippen molar-refractivity contribution in [3.05, 3.63) is 65.2 Å². The fourth-order valence-electron chi connectivity index (χ4n) is 2.26. The first-order valence-electron chi connectivity index (χ1n) is 6.21. The van der Waals surface area contributed by atoms with Crippen LogP contribution < -0.4 is 10.6 Å². The van der Waals surface area contributed by atoms with Crippen LogP contribution in [0.5, 0.6) is 0 Å². The van der Waals surface area contributed by atoms with Crippen molar-refractivity contribution in [3.8, 4) is 0 Å². The Labute approximate surface area is 114 Å². The van der Waals surface area contributed by atoms with E-state index in [1.165, 1.54) is 24.3 Å². The maximum Gasteiger partial charge on any atom is 0.246 e. The number of hydrogen-bond acceptors (Lipinski definition) is 2. The Morgan fingerprint density at radius 1 is 1.05 bits per heavy atom. The molecule has 0 radical (unpaired) electrons. The van der Waals surface area contributed by atoms with Crippen LogP contribution in [-0.2, 0) is 11.3 Å². The average molecular weight is 274 g/mol. The van der Waals surface area contributed by atoms with Crippen molar-refractivity contribution in [3.63, 3.8) is 0 Å². The number of anilines is 1. The predicted octanol–water partition coefficient (Wildman–Crippen LogP) is 2.75. The second-order valence-corrected chi connectivity index (χ2v) is 4.66. The van der Waals surface area contributed by atoms with Gasteiger partial charge in [0.25, 0.3) is 0 Å². The Morgan fingerprint density at radius 3 is 2.50 bits per heavy atom. The van der Waals surface area contributed by atoms with E-state index in [0.717, 1.165) is 5.56 Å². The number of carbonyl (C=O) groups is 1. The molecule has 2 aromatic rings. The molecular formula is C15H12F2N2O. The smallest absolute Gasteiger partial charge is 0.246 e. The molecule has 1 amide bonds. The lowest BCUT2D eigenvalue weighted by Crippen LogP contribution is -2.27. The van der Waals surface area contributed by atoms with Crippen molar-refractivity contribution < 1.29 is 13.6 Å². The lowest BCUT2D eigenvalue weighted by atomic mass is 10.1. The summed E-state index contributed by atoms with van der Waals surface area (Å²) in [6, 6.07) is 9.60. The fraction of sp³-hybridized carbons (Fsp3) is 0.133. The number of benzene rings is 2. The lowest BCUT2D eigenvalue weighted by Gasteiger charge is -2.11. The van der Waals surface area contributed by atoms with Crippen LogP contribution in [0, 0.1) is 11.6 Å². The topological polar surface area (TPSA) is 41.1 Å². The summed E-state index contributed by atoms with van der Waals surface area (Å²) in [7, 11) is 0. The van der Waals surface area contributed by atoms with Crippen molar-refractivity contribution in [1.29, 1.82) is 0 Å².